The van der Waals surface area contributed by atoms with Gasteiger partial charge >= 0.3 is 0 Å². The quantitative estimate of drug-likeness (QED) is 0.907. The van der Waals surface area contributed by atoms with Crippen molar-refractivity contribution in [3.05, 3.63) is 64.4 Å². The number of phenols is 1. The molecule has 0 fully saturated rings. The van der Waals surface area contributed by atoms with E-state index < -0.39 is 11.7 Å². The van der Waals surface area contributed by atoms with Crippen LogP contribution in [-0.2, 0) is 0 Å². The summed E-state index contributed by atoms with van der Waals surface area (Å²) in [6, 6.07) is 9.97. The molecule has 104 valence electrons. The fourth-order valence-electron chi connectivity index (χ4n) is 1.87. The first kappa shape index (κ1) is 14.3. The minimum absolute atomic E-state index is 0.107. The van der Waals surface area contributed by atoms with E-state index in [0.29, 0.717) is 5.02 Å². The number of rotatable bonds is 3. The zero-order valence-electron chi connectivity index (χ0n) is 10.7. The van der Waals surface area contributed by atoms with Crippen molar-refractivity contribution in [2.24, 2.45) is 0 Å². The first-order valence-electron chi connectivity index (χ1n) is 6.03. The summed E-state index contributed by atoms with van der Waals surface area (Å²) < 4.78 is 13.1. The van der Waals surface area contributed by atoms with Crippen molar-refractivity contribution in [1.29, 1.82) is 0 Å². The van der Waals surface area contributed by atoms with E-state index in [2.05, 4.69) is 5.32 Å². The molecule has 0 aromatic heterocycles. The van der Waals surface area contributed by atoms with Crippen LogP contribution in [0.2, 0.25) is 5.02 Å². The van der Waals surface area contributed by atoms with E-state index in [4.69, 9.17) is 11.6 Å². The van der Waals surface area contributed by atoms with Crippen molar-refractivity contribution in [3.63, 3.8) is 0 Å². The summed E-state index contributed by atoms with van der Waals surface area (Å²) in [4.78, 5) is 12.0. The van der Waals surface area contributed by atoms with Gasteiger partial charge < -0.3 is 10.4 Å². The minimum atomic E-state index is -0.585. The van der Waals surface area contributed by atoms with Gasteiger partial charge in [0.05, 0.1) is 11.6 Å². The monoisotopic (exact) mass is 293 g/mol. The molecule has 2 aromatic rings. The van der Waals surface area contributed by atoms with Gasteiger partial charge in [-0.2, -0.15) is 0 Å². The van der Waals surface area contributed by atoms with Gasteiger partial charge in [-0.25, -0.2) is 4.39 Å². The molecule has 20 heavy (non-hydrogen) atoms. The average Bonchev–Trinajstić information content (AvgIpc) is 2.41. The number of halogens is 2. The number of hydrogen-bond donors (Lipinski definition) is 2. The Bertz CT molecular complexity index is 646. The second-order valence-electron chi connectivity index (χ2n) is 4.38. The number of aromatic hydroxyl groups is 1. The fraction of sp³-hybridized carbons (Fsp3) is 0.133. The number of hydrogen-bond acceptors (Lipinski definition) is 2. The van der Waals surface area contributed by atoms with Crippen LogP contribution < -0.4 is 5.32 Å². The smallest absolute Gasteiger partial charge is 0.255 e. The molecule has 1 amide bonds. The lowest BCUT2D eigenvalue weighted by atomic mass is 10.1. The molecule has 0 spiro atoms. The number of benzene rings is 2. The Morgan fingerprint density at radius 1 is 1.30 bits per heavy atom. The maximum atomic E-state index is 13.1. The van der Waals surface area contributed by atoms with Crippen LogP contribution in [0.15, 0.2) is 42.5 Å². The molecule has 0 aliphatic rings. The number of phenolic OH excluding ortho intramolecular Hbond substituents is 1. The van der Waals surface area contributed by atoms with Gasteiger partial charge in [-0.1, -0.05) is 29.8 Å². The Morgan fingerprint density at radius 2 is 2.00 bits per heavy atom. The molecular formula is C15H13ClFNO2. The second kappa shape index (κ2) is 5.92. The van der Waals surface area contributed by atoms with Gasteiger partial charge in [0.25, 0.3) is 5.91 Å². The van der Waals surface area contributed by atoms with Crippen molar-refractivity contribution in [3.8, 4) is 5.75 Å². The normalized spacial score (nSPS) is 11.9. The Morgan fingerprint density at radius 3 is 2.70 bits per heavy atom. The van der Waals surface area contributed by atoms with Gasteiger partial charge in [-0.05, 0) is 36.8 Å². The lowest BCUT2D eigenvalue weighted by Gasteiger charge is -2.16. The van der Waals surface area contributed by atoms with Crippen molar-refractivity contribution < 1.29 is 14.3 Å². The lowest BCUT2D eigenvalue weighted by Crippen LogP contribution is -2.27. The summed E-state index contributed by atoms with van der Waals surface area (Å²) in [5.41, 5.74) is 0.641. The van der Waals surface area contributed by atoms with Crippen LogP contribution in [0, 0.1) is 5.82 Å². The van der Waals surface area contributed by atoms with E-state index in [1.165, 1.54) is 0 Å². The SMILES string of the molecule is CC(NC(=O)c1cc(F)ccc1O)c1ccccc1Cl. The van der Waals surface area contributed by atoms with Crippen LogP contribution >= 0.6 is 11.6 Å². The fourth-order valence-corrected chi connectivity index (χ4v) is 2.17. The molecule has 3 nitrogen and oxygen atoms in total. The topological polar surface area (TPSA) is 49.3 Å². The van der Waals surface area contributed by atoms with Crippen LogP contribution in [-0.4, -0.2) is 11.0 Å². The third-order valence-electron chi connectivity index (χ3n) is 2.92. The summed E-state index contributed by atoms with van der Waals surface area (Å²) in [6.07, 6.45) is 0. The van der Waals surface area contributed by atoms with Crippen LogP contribution in [0.3, 0.4) is 0 Å². The summed E-state index contributed by atoms with van der Waals surface area (Å²) in [5.74, 6) is -1.41. The Hall–Kier alpha value is -2.07. The molecule has 0 radical (unpaired) electrons. The summed E-state index contributed by atoms with van der Waals surface area (Å²) in [5, 5.41) is 12.8. The zero-order chi connectivity index (χ0) is 14.7. The van der Waals surface area contributed by atoms with Crippen LogP contribution in [0.1, 0.15) is 28.9 Å². The Balaban J connectivity index is 2.20. The molecular weight excluding hydrogens is 281 g/mol. The van der Waals surface area contributed by atoms with Gasteiger partial charge in [-0.15, -0.1) is 0 Å². The van der Waals surface area contributed by atoms with Crippen LogP contribution in [0.5, 0.6) is 5.75 Å². The standard InChI is InChI=1S/C15H13ClFNO2/c1-9(11-4-2-3-5-13(11)16)18-15(20)12-8-10(17)6-7-14(12)19/h2-9,19H,1H3,(H,18,20). The first-order valence-corrected chi connectivity index (χ1v) is 6.40. The van der Waals surface area contributed by atoms with Gasteiger partial charge in [0, 0.05) is 5.02 Å². The molecule has 0 aliphatic carbocycles. The number of carbonyl (C=O) groups excluding carboxylic acids is 1. The Kier molecular flexibility index (Phi) is 4.25. The highest BCUT2D eigenvalue weighted by Gasteiger charge is 2.16. The Labute approximate surface area is 121 Å². The molecule has 5 heteroatoms. The molecule has 2 aromatic carbocycles. The van der Waals surface area contributed by atoms with Gasteiger partial charge in [0.15, 0.2) is 0 Å². The van der Waals surface area contributed by atoms with E-state index in [1.807, 2.05) is 6.07 Å². The number of nitrogens with one attached hydrogen (secondary N) is 1. The lowest BCUT2D eigenvalue weighted by molar-refractivity contribution is 0.0936. The molecule has 1 atom stereocenters. The van der Waals surface area contributed by atoms with Crippen molar-refractivity contribution in [2.45, 2.75) is 13.0 Å². The molecule has 0 saturated heterocycles. The highest BCUT2D eigenvalue weighted by Crippen LogP contribution is 2.24. The van der Waals surface area contributed by atoms with E-state index in [9.17, 15) is 14.3 Å². The summed E-state index contributed by atoms with van der Waals surface area (Å²) in [7, 11) is 0. The molecule has 1 unspecified atom stereocenters. The maximum Gasteiger partial charge on any atom is 0.255 e. The van der Waals surface area contributed by atoms with Crippen molar-refractivity contribution in [2.75, 3.05) is 0 Å². The van der Waals surface area contributed by atoms with Crippen molar-refractivity contribution >= 4 is 17.5 Å². The molecule has 2 N–H and O–H groups in total. The molecule has 0 saturated carbocycles. The maximum absolute atomic E-state index is 13.1. The third-order valence-corrected chi connectivity index (χ3v) is 3.27. The minimum Gasteiger partial charge on any atom is -0.507 e. The number of carbonyl (C=O) groups is 1. The number of amides is 1. The zero-order valence-corrected chi connectivity index (χ0v) is 11.5. The van der Waals surface area contributed by atoms with E-state index in [-0.39, 0.29) is 17.4 Å². The second-order valence-corrected chi connectivity index (χ2v) is 4.79. The predicted octanol–water partition coefficient (Wildman–Crippen LogP) is 3.68. The molecule has 2 rings (SSSR count). The van der Waals surface area contributed by atoms with Crippen LogP contribution in [0.4, 0.5) is 4.39 Å². The van der Waals surface area contributed by atoms with E-state index in [0.717, 1.165) is 23.8 Å². The summed E-state index contributed by atoms with van der Waals surface area (Å²) in [6.45, 7) is 1.76. The molecule has 0 bridgehead atoms. The average molecular weight is 294 g/mol. The van der Waals surface area contributed by atoms with Gasteiger partial charge in [0.2, 0.25) is 0 Å². The van der Waals surface area contributed by atoms with Crippen LogP contribution in [0.25, 0.3) is 0 Å². The van der Waals surface area contributed by atoms with Crippen molar-refractivity contribution in [1.82, 2.24) is 5.32 Å². The molecule has 0 heterocycles. The predicted molar refractivity (Wildman–Crippen MR) is 75.4 cm³/mol. The summed E-state index contributed by atoms with van der Waals surface area (Å²) >= 11 is 6.04. The molecule has 0 aliphatic heterocycles. The highest BCUT2D eigenvalue weighted by molar-refractivity contribution is 6.31. The van der Waals surface area contributed by atoms with E-state index >= 15 is 0 Å². The third kappa shape index (κ3) is 3.08. The van der Waals surface area contributed by atoms with E-state index in [1.54, 1.807) is 25.1 Å². The largest absolute Gasteiger partial charge is 0.507 e. The highest BCUT2D eigenvalue weighted by atomic mass is 35.5. The van der Waals surface area contributed by atoms with Gasteiger partial charge in [0.1, 0.15) is 11.6 Å². The first-order chi connectivity index (χ1) is 9.49. The van der Waals surface area contributed by atoms with Gasteiger partial charge in [-0.3, -0.25) is 4.79 Å².